The summed E-state index contributed by atoms with van der Waals surface area (Å²) in [6, 6.07) is 9.66. The first kappa shape index (κ1) is 13.8. The fourth-order valence-electron chi connectivity index (χ4n) is 2.16. The molecule has 1 N–H and O–H groups in total. The van der Waals surface area contributed by atoms with Crippen molar-refractivity contribution in [2.75, 3.05) is 13.1 Å². The van der Waals surface area contributed by atoms with Crippen molar-refractivity contribution in [2.45, 2.75) is 12.5 Å². The standard InChI is InChI=1S/C16H14N2O2S/c19-13-8-9-18(11-13)16(20)14-10-17-15(21-14)7-6-12-4-2-1-3-5-12/h1-5,10,13,19H,8-9,11H2/t13-/m1/s1. The van der Waals surface area contributed by atoms with Crippen molar-refractivity contribution >= 4 is 17.2 Å². The summed E-state index contributed by atoms with van der Waals surface area (Å²) in [6.45, 7) is 1.00. The summed E-state index contributed by atoms with van der Waals surface area (Å²) < 4.78 is 0. The maximum Gasteiger partial charge on any atom is 0.265 e. The van der Waals surface area contributed by atoms with Gasteiger partial charge >= 0.3 is 0 Å². The van der Waals surface area contributed by atoms with Gasteiger partial charge in [-0.3, -0.25) is 4.79 Å². The lowest BCUT2D eigenvalue weighted by Crippen LogP contribution is -2.28. The maximum atomic E-state index is 12.2. The number of rotatable bonds is 1. The Balaban J connectivity index is 1.72. The highest BCUT2D eigenvalue weighted by atomic mass is 32.1. The van der Waals surface area contributed by atoms with E-state index in [4.69, 9.17) is 0 Å². The van der Waals surface area contributed by atoms with Crippen molar-refractivity contribution in [3.05, 3.63) is 52.0 Å². The van der Waals surface area contributed by atoms with Crippen LogP contribution in [0.15, 0.2) is 36.5 Å². The van der Waals surface area contributed by atoms with E-state index in [1.54, 1.807) is 11.1 Å². The van der Waals surface area contributed by atoms with Crippen LogP contribution in [-0.2, 0) is 0 Å². The number of aliphatic hydroxyl groups excluding tert-OH is 1. The molecule has 1 aliphatic rings. The second-order valence-corrected chi connectivity index (χ2v) is 5.87. The summed E-state index contributed by atoms with van der Waals surface area (Å²) in [5, 5.41) is 10.1. The Kier molecular flexibility index (Phi) is 4.00. The number of β-amino-alcohol motifs (C(OH)–C–C–N with tert-alkyl or cyclic N) is 1. The second kappa shape index (κ2) is 6.08. The lowest BCUT2D eigenvalue weighted by molar-refractivity contribution is 0.0769. The fraction of sp³-hybridized carbons (Fsp3) is 0.250. The molecule has 106 valence electrons. The molecule has 21 heavy (non-hydrogen) atoms. The Morgan fingerprint density at radius 1 is 1.33 bits per heavy atom. The first-order chi connectivity index (χ1) is 10.2. The highest BCUT2D eigenvalue weighted by Crippen LogP contribution is 2.18. The van der Waals surface area contributed by atoms with Crippen LogP contribution in [0, 0.1) is 11.8 Å². The SMILES string of the molecule is O=C(c1cnc(C#Cc2ccccc2)s1)N1CC[C@@H](O)C1. The van der Waals surface area contributed by atoms with E-state index in [9.17, 15) is 9.90 Å². The number of amides is 1. The van der Waals surface area contributed by atoms with E-state index in [2.05, 4.69) is 16.8 Å². The van der Waals surface area contributed by atoms with E-state index in [1.807, 2.05) is 30.3 Å². The van der Waals surface area contributed by atoms with Gasteiger partial charge in [0.05, 0.1) is 12.3 Å². The van der Waals surface area contributed by atoms with Crippen LogP contribution in [0.1, 0.15) is 26.7 Å². The van der Waals surface area contributed by atoms with E-state index in [-0.39, 0.29) is 5.91 Å². The van der Waals surface area contributed by atoms with Crippen LogP contribution in [0.3, 0.4) is 0 Å². The van der Waals surface area contributed by atoms with E-state index < -0.39 is 6.10 Å². The largest absolute Gasteiger partial charge is 0.391 e. The average Bonchev–Trinajstić information content (AvgIpc) is 3.14. The maximum absolute atomic E-state index is 12.2. The second-order valence-electron chi connectivity index (χ2n) is 4.84. The van der Waals surface area contributed by atoms with Crippen LogP contribution in [0.2, 0.25) is 0 Å². The van der Waals surface area contributed by atoms with Crippen LogP contribution >= 0.6 is 11.3 Å². The minimum absolute atomic E-state index is 0.0724. The van der Waals surface area contributed by atoms with Gasteiger partial charge in [-0.1, -0.05) is 24.1 Å². The van der Waals surface area contributed by atoms with Gasteiger partial charge in [0.25, 0.3) is 5.91 Å². The molecule has 1 aliphatic heterocycles. The number of thiazole rings is 1. The monoisotopic (exact) mass is 298 g/mol. The lowest BCUT2D eigenvalue weighted by atomic mass is 10.2. The Labute approximate surface area is 127 Å². The number of hydrogen-bond donors (Lipinski definition) is 1. The van der Waals surface area contributed by atoms with E-state index in [1.165, 1.54) is 11.3 Å². The van der Waals surface area contributed by atoms with E-state index in [0.29, 0.717) is 29.4 Å². The molecule has 0 bridgehead atoms. The summed E-state index contributed by atoms with van der Waals surface area (Å²) >= 11 is 1.29. The van der Waals surface area contributed by atoms with Crippen LogP contribution in [0.4, 0.5) is 0 Å². The van der Waals surface area contributed by atoms with Gasteiger partial charge in [0.15, 0.2) is 5.01 Å². The molecule has 1 amide bonds. The van der Waals surface area contributed by atoms with Crippen molar-refractivity contribution in [3.63, 3.8) is 0 Å². The van der Waals surface area contributed by atoms with E-state index >= 15 is 0 Å². The van der Waals surface area contributed by atoms with Crippen molar-refractivity contribution in [1.29, 1.82) is 0 Å². The number of aliphatic hydroxyl groups is 1. The molecule has 2 heterocycles. The molecule has 1 aromatic carbocycles. The zero-order chi connectivity index (χ0) is 14.7. The third kappa shape index (κ3) is 3.30. The number of likely N-dealkylation sites (tertiary alicyclic amines) is 1. The molecule has 1 fully saturated rings. The number of carbonyl (C=O) groups is 1. The molecule has 1 saturated heterocycles. The summed E-state index contributed by atoms with van der Waals surface area (Å²) in [5.41, 5.74) is 0.920. The molecule has 0 unspecified atom stereocenters. The Morgan fingerprint density at radius 2 is 2.14 bits per heavy atom. The molecule has 1 atom stereocenters. The predicted molar refractivity (Wildman–Crippen MR) is 81.1 cm³/mol. The van der Waals surface area contributed by atoms with Gasteiger partial charge in [-0.05, 0) is 24.5 Å². The smallest absolute Gasteiger partial charge is 0.265 e. The Bertz CT molecular complexity index is 700. The average molecular weight is 298 g/mol. The van der Waals surface area contributed by atoms with Gasteiger partial charge in [0.1, 0.15) is 4.88 Å². The van der Waals surface area contributed by atoms with Crippen LogP contribution in [0.25, 0.3) is 0 Å². The molecule has 0 saturated carbocycles. The normalized spacial score (nSPS) is 17.4. The van der Waals surface area contributed by atoms with Crippen molar-refractivity contribution in [1.82, 2.24) is 9.88 Å². The number of benzene rings is 1. The summed E-state index contributed by atoms with van der Waals surface area (Å²) in [6.07, 6.45) is 1.80. The van der Waals surface area contributed by atoms with Gasteiger partial charge in [0, 0.05) is 18.7 Å². The lowest BCUT2D eigenvalue weighted by Gasteiger charge is -2.13. The number of hydrogen-bond acceptors (Lipinski definition) is 4. The number of nitrogens with zero attached hydrogens (tertiary/aromatic N) is 2. The first-order valence-electron chi connectivity index (χ1n) is 6.72. The molecular formula is C16H14N2O2S. The van der Waals surface area contributed by atoms with Crippen molar-refractivity contribution in [2.24, 2.45) is 0 Å². The molecule has 0 radical (unpaired) electrons. The topological polar surface area (TPSA) is 53.4 Å². The molecule has 5 heteroatoms. The first-order valence-corrected chi connectivity index (χ1v) is 7.54. The quantitative estimate of drug-likeness (QED) is 0.816. The molecular weight excluding hydrogens is 284 g/mol. The Hall–Kier alpha value is -2.16. The number of aromatic nitrogens is 1. The van der Waals surface area contributed by atoms with Gasteiger partial charge in [-0.2, -0.15) is 0 Å². The van der Waals surface area contributed by atoms with Crippen LogP contribution < -0.4 is 0 Å². The predicted octanol–water partition coefficient (Wildman–Crippen LogP) is 1.75. The summed E-state index contributed by atoms with van der Waals surface area (Å²) in [4.78, 5) is 18.6. The molecule has 2 aromatic rings. The zero-order valence-corrected chi connectivity index (χ0v) is 12.1. The van der Waals surface area contributed by atoms with Gasteiger partial charge in [-0.25, -0.2) is 4.98 Å². The van der Waals surface area contributed by atoms with Crippen molar-refractivity contribution < 1.29 is 9.90 Å². The molecule has 4 nitrogen and oxygen atoms in total. The third-order valence-corrected chi connectivity index (χ3v) is 4.16. The fourth-order valence-corrected chi connectivity index (χ4v) is 2.90. The van der Waals surface area contributed by atoms with Crippen molar-refractivity contribution in [3.8, 4) is 11.8 Å². The van der Waals surface area contributed by atoms with Crippen LogP contribution in [0.5, 0.6) is 0 Å². The van der Waals surface area contributed by atoms with Gasteiger partial charge in [0.2, 0.25) is 0 Å². The van der Waals surface area contributed by atoms with Gasteiger partial charge < -0.3 is 10.0 Å². The number of carbonyl (C=O) groups excluding carboxylic acids is 1. The summed E-state index contributed by atoms with van der Waals surface area (Å²) in [7, 11) is 0. The molecule has 1 aromatic heterocycles. The molecule has 3 rings (SSSR count). The zero-order valence-electron chi connectivity index (χ0n) is 11.3. The minimum atomic E-state index is -0.404. The third-order valence-electron chi connectivity index (χ3n) is 3.25. The van der Waals surface area contributed by atoms with Gasteiger partial charge in [-0.15, -0.1) is 11.3 Å². The molecule has 0 aliphatic carbocycles. The van der Waals surface area contributed by atoms with E-state index in [0.717, 1.165) is 5.56 Å². The van der Waals surface area contributed by atoms with Crippen LogP contribution in [-0.4, -0.2) is 40.1 Å². The summed E-state index contributed by atoms with van der Waals surface area (Å²) in [5.74, 6) is 5.92. The minimum Gasteiger partial charge on any atom is -0.391 e. The highest BCUT2D eigenvalue weighted by Gasteiger charge is 2.26. The molecule has 0 spiro atoms. The highest BCUT2D eigenvalue weighted by molar-refractivity contribution is 7.14. The Morgan fingerprint density at radius 3 is 2.86 bits per heavy atom.